The summed E-state index contributed by atoms with van der Waals surface area (Å²) in [6.45, 7) is 1.78. The molecule has 1 unspecified atom stereocenters. The number of nitrogens with zero attached hydrogens (tertiary/aromatic N) is 3. The number of anilines is 1. The number of carbonyl (C=O) groups is 1. The van der Waals surface area contributed by atoms with Gasteiger partial charge < -0.3 is 19.5 Å². The van der Waals surface area contributed by atoms with E-state index in [1.54, 1.807) is 6.20 Å². The van der Waals surface area contributed by atoms with Crippen molar-refractivity contribution in [3.8, 4) is 11.3 Å². The Kier molecular flexibility index (Phi) is 4.52. The molecule has 3 aromatic rings. The largest absolute Gasteiger partial charge is 0.444 e. The first-order chi connectivity index (χ1) is 14.2. The first-order valence-corrected chi connectivity index (χ1v) is 10.0. The minimum atomic E-state index is 0.0507. The van der Waals surface area contributed by atoms with Crippen LogP contribution in [0.15, 0.2) is 65.5 Å². The molecule has 2 aliphatic heterocycles. The second kappa shape index (κ2) is 7.33. The van der Waals surface area contributed by atoms with Crippen molar-refractivity contribution < 1.29 is 9.21 Å². The fourth-order valence-electron chi connectivity index (χ4n) is 4.11. The standard InChI is InChI=1S/C22H20N4O2S/c27-21-13-25(12-19-18-4-2-1-3-15(18)9-10-26(19)21)22(29)24-17-7-5-16(6-8-17)20-11-23-14-28-20/h1-8,11,14,19H,9-10,12-13H2,(H,24,29). The summed E-state index contributed by atoms with van der Waals surface area (Å²) in [6.07, 6.45) is 4.01. The van der Waals surface area contributed by atoms with Crippen molar-refractivity contribution in [2.75, 3.05) is 25.0 Å². The van der Waals surface area contributed by atoms with E-state index in [1.165, 1.54) is 17.5 Å². The maximum Gasteiger partial charge on any atom is 0.242 e. The topological polar surface area (TPSA) is 61.6 Å². The highest BCUT2D eigenvalue weighted by Gasteiger charge is 2.37. The Bertz CT molecular complexity index is 1050. The van der Waals surface area contributed by atoms with E-state index in [4.69, 9.17) is 16.6 Å². The Labute approximate surface area is 174 Å². The number of hydrogen-bond donors (Lipinski definition) is 1. The second-order valence-corrected chi connectivity index (χ2v) is 7.69. The molecule has 2 aliphatic rings. The Hall–Kier alpha value is -3.19. The van der Waals surface area contributed by atoms with Crippen molar-refractivity contribution in [3.63, 3.8) is 0 Å². The number of piperazine rings is 1. The van der Waals surface area contributed by atoms with Crippen molar-refractivity contribution in [1.29, 1.82) is 0 Å². The fraction of sp³-hybridized carbons (Fsp3) is 0.227. The van der Waals surface area contributed by atoms with Gasteiger partial charge in [0.1, 0.15) is 0 Å². The zero-order chi connectivity index (χ0) is 19.8. The van der Waals surface area contributed by atoms with E-state index in [-0.39, 0.29) is 11.9 Å². The summed E-state index contributed by atoms with van der Waals surface area (Å²) in [5, 5.41) is 3.83. The molecule has 7 heteroatoms. The molecule has 146 valence electrons. The molecule has 29 heavy (non-hydrogen) atoms. The van der Waals surface area contributed by atoms with Gasteiger partial charge in [-0.05, 0) is 54.0 Å². The molecule has 5 rings (SSSR count). The molecular weight excluding hydrogens is 384 g/mol. The van der Waals surface area contributed by atoms with Crippen molar-refractivity contribution in [3.05, 3.63) is 72.2 Å². The molecule has 1 fully saturated rings. The van der Waals surface area contributed by atoms with E-state index in [1.807, 2.05) is 40.1 Å². The van der Waals surface area contributed by atoms with Gasteiger partial charge in [0, 0.05) is 24.3 Å². The van der Waals surface area contributed by atoms with Gasteiger partial charge >= 0.3 is 0 Å². The Morgan fingerprint density at radius 3 is 2.79 bits per heavy atom. The highest BCUT2D eigenvalue weighted by atomic mass is 32.1. The fourth-order valence-corrected chi connectivity index (χ4v) is 4.36. The van der Waals surface area contributed by atoms with Crippen LogP contribution in [0.3, 0.4) is 0 Å². The maximum atomic E-state index is 12.8. The van der Waals surface area contributed by atoms with Crippen molar-refractivity contribution in [1.82, 2.24) is 14.8 Å². The zero-order valence-electron chi connectivity index (χ0n) is 15.7. The molecule has 0 spiro atoms. The summed E-state index contributed by atoms with van der Waals surface area (Å²) in [7, 11) is 0. The van der Waals surface area contributed by atoms with Crippen LogP contribution in [0.2, 0.25) is 0 Å². The number of fused-ring (bicyclic) bond motifs is 3. The number of hydrogen-bond acceptors (Lipinski definition) is 4. The van der Waals surface area contributed by atoms with E-state index >= 15 is 0 Å². The van der Waals surface area contributed by atoms with Crippen LogP contribution >= 0.6 is 12.2 Å². The molecule has 2 aromatic carbocycles. The quantitative estimate of drug-likeness (QED) is 0.660. The van der Waals surface area contributed by atoms with Gasteiger partial charge in [-0.15, -0.1) is 0 Å². The smallest absolute Gasteiger partial charge is 0.242 e. The molecule has 1 N–H and O–H groups in total. The number of amides is 1. The second-order valence-electron chi connectivity index (χ2n) is 7.31. The predicted molar refractivity (Wildman–Crippen MR) is 114 cm³/mol. The number of rotatable bonds is 2. The van der Waals surface area contributed by atoms with Crippen LogP contribution in [0.25, 0.3) is 11.3 Å². The highest BCUT2D eigenvalue weighted by Crippen LogP contribution is 2.33. The van der Waals surface area contributed by atoms with Gasteiger partial charge in [-0.2, -0.15) is 0 Å². The monoisotopic (exact) mass is 404 g/mol. The molecule has 3 heterocycles. The van der Waals surface area contributed by atoms with Gasteiger partial charge in [0.2, 0.25) is 5.91 Å². The number of benzene rings is 2. The minimum absolute atomic E-state index is 0.0507. The lowest BCUT2D eigenvalue weighted by molar-refractivity contribution is -0.138. The first kappa shape index (κ1) is 17.9. The Morgan fingerprint density at radius 1 is 1.17 bits per heavy atom. The highest BCUT2D eigenvalue weighted by molar-refractivity contribution is 7.80. The van der Waals surface area contributed by atoms with Crippen LogP contribution in [-0.4, -0.2) is 45.4 Å². The number of thiocarbonyl (C=S) groups is 1. The van der Waals surface area contributed by atoms with Crippen LogP contribution < -0.4 is 5.32 Å². The average Bonchev–Trinajstić information content (AvgIpc) is 3.29. The van der Waals surface area contributed by atoms with Crippen LogP contribution in [0.5, 0.6) is 0 Å². The number of carbonyl (C=O) groups excluding carboxylic acids is 1. The number of aromatic nitrogens is 1. The summed E-state index contributed by atoms with van der Waals surface area (Å²) in [4.78, 5) is 20.7. The molecule has 0 saturated carbocycles. The van der Waals surface area contributed by atoms with Gasteiger partial charge in [-0.1, -0.05) is 24.3 Å². The van der Waals surface area contributed by atoms with Crippen molar-refractivity contribution >= 4 is 28.9 Å². The Balaban J connectivity index is 1.31. The SMILES string of the molecule is O=C1CN(C(=S)Nc2ccc(-c3cnco3)cc2)CC2c3ccccc3CCN12. The average molecular weight is 404 g/mol. The van der Waals surface area contributed by atoms with Gasteiger partial charge in [0.25, 0.3) is 0 Å². The molecule has 1 amide bonds. The third-order valence-corrected chi connectivity index (χ3v) is 5.95. The summed E-state index contributed by atoms with van der Waals surface area (Å²) in [5.74, 6) is 0.845. The molecule has 1 saturated heterocycles. The van der Waals surface area contributed by atoms with Crippen LogP contribution in [0.1, 0.15) is 17.2 Å². The summed E-state index contributed by atoms with van der Waals surface area (Å²) >= 11 is 5.63. The van der Waals surface area contributed by atoms with E-state index in [0.29, 0.717) is 18.2 Å². The van der Waals surface area contributed by atoms with Crippen LogP contribution in [-0.2, 0) is 11.2 Å². The van der Waals surface area contributed by atoms with E-state index in [2.05, 4.69) is 28.5 Å². The van der Waals surface area contributed by atoms with Gasteiger partial charge in [-0.3, -0.25) is 4.79 Å². The summed E-state index contributed by atoms with van der Waals surface area (Å²) < 4.78 is 5.32. The molecule has 0 radical (unpaired) electrons. The first-order valence-electron chi connectivity index (χ1n) is 9.61. The number of oxazole rings is 1. The minimum Gasteiger partial charge on any atom is -0.444 e. The molecule has 1 aromatic heterocycles. The van der Waals surface area contributed by atoms with Crippen LogP contribution in [0, 0.1) is 0 Å². The Morgan fingerprint density at radius 2 is 2.00 bits per heavy atom. The summed E-state index contributed by atoms with van der Waals surface area (Å²) in [6, 6.07) is 16.2. The summed E-state index contributed by atoms with van der Waals surface area (Å²) in [5.41, 5.74) is 4.38. The lowest BCUT2D eigenvalue weighted by Crippen LogP contribution is -2.56. The van der Waals surface area contributed by atoms with E-state index in [9.17, 15) is 4.79 Å². The lowest BCUT2D eigenvalue weighted by atomic mass is 9.91. The third-order valence-electron chi connectivity index (χ3n) is 5.59. The van der Waals surface area contributed by atoms with Gasteiger partial charge in [-0.25, -0.2) is 4.98 Å². The third kappa shape index (κ3) is 3.38. The van der Waals surface area contributed by atoms with E-state index < -0.39 is 0 Å². The van der Waals surface area contributed by atoms with Crippen molar-refractivity contribution in [2.24, 2.45) is 0 Å². The zero-order valence-corrected chi connectivity index (χ0v) is 16.6. The normalized spacial score (nSPS) is 18.2. The molecule has 1 atom stereocenters. The van der Waals surface area contributed by atoms with Gasteiger partial charge in [0.15, 0.2) is 17.3 Å². The maximum absolute atomic E-state index is 12.8. The number of nitrogens with one attached hydrogen (secondary N) is 1. The molecular formula is C22H20N4O2S. The lowest BCUT2D eigenvalue weighted by Gasteiger charge is -2.45. The molecule has 0 bridgehead atoms. The van der Waals surface area contributed by atoms with Crippen molar-refractivity contribution in [2.45, 2.75) is 12.5 Å². The molecule has 0 aliphatic carbocycles. The molecule has 6 nitrogen and oxygen atoms in total. The van der Waals surface area contributed by atoms with Crippen LogP contribution in [0.4, 0.5) is 5.69 Å². The van der Waals surface area contributed by atoms with Gasteiger partial charge in [0.05, 0.1) is 18.8 Å². The van der Waals surface area contributed by atoms with E-state index in [0.717, 1.165) is 30.0 Å². The predicted octanol–water partition coefficient (Wildman–Crippen LogP) is 3.48.